The smallest absolute Gasteiger partial charge is 0.224 e. The fraction of sp³-hybridized carbons (Fsp3) is 0.609. The first-order valence-electron chi connectivity index (χ1n) is 11.3. The van der Waals surface area contributed by atoms with E-state index in [0.29, 0.717) is 12.3 Å². The third-order valence-electron chi connectivity index (χ3n) is 6.25. The molecule has 1 aliphatic heterocycles. The first-order valence-corrected chi connectivity index (χ1v) is 11.3. The Kier molecular flexibility index (Phi) is 6.28. The van der Waals surface area contributed by atoms with Crippen molar-refractivity contribution < 1.29 is 9.69 Å². The average molecular weight is 397 g/mol. The summed E-state index contributed by atoms with van der Waals surface area (Å²) in [7, 11) is 0. The number of rotatable bonds is 8. The number of nitrogens with one attached hydrogen (secondary N) is 1. The van der Waals surface area contributed by atoms with E-state index in [1.807, 2.05) is 6.07 Å². The number of likely N-dealkylation sites (N-methyl/N-ethyl adjacent to an activating group) is 1. The summed E-state index contributed by atoms with van der Waals surface area (Å²) in [5.74, 6) is 2.78. The molecule has 1 saturated carbocycles. The van der Waals surface area contributed by atoms with Gasteiger partial charge in [-0.15, -0.1) is 0 Å². The molecule has 6 heteroatoms. The van der Waals surface area contributed by atoms with Crippen LogP contribution in [-0.4, -0.2) is 66.6 Å². The van der Waals surface area contributed by atoms with Crippen molar-refractivity contribution in [3.8, 4) is 0 Å². The van der Waals surface area contributed by atoms with Crippen molar-refractivity contribution >= 4 is 22.6 Å². The van der Waals surface area contributed by atoms with Crippen molar-refractivity contribution in [2.24, 2.45) is 0 Å². The zero-order valence-electron chi connectivity index (χ0n) is 17.9. The van der Waals surface area contributed by atoms with Gasteiger partial charge in [0.25, 0.3) is 0 Å². The number of nitrogens with zero attached hydrogens (tertiary/aromatic N) is 4. The van der Waals surface area contributed by atoms with E-state index in [0.717, 1.165) is 74.8 Å². The van der Waals surface area contributed by atoms with Crippen LogP contribution in [0.15, 0.2) is 24.3 Å². The van der Waals surface area contributed by atoms with E-state index >= 15 is 0 Å². The number of fused-ring (bicyclic) bond motifs is 1. The Morgan fingerprint density at radius 3 is 2.59 bits per heavy atom. The number of piperazine rings is 1. The zero-order chi connectivity index (χ0) is 20.2. The molecule has 1 aromatic carbocycles. The largest absolute Gasteiger partial charge is 0.355 e. The van der Waals surface area contributed by atoms with E-state index in [1.165, 1.54) is 12.8 Å². The first kappa shape index (κ1) is 20.1. The summed E-state index contributed by atoms with van der Waals surface area (Å²) < 4.78 is 0. The highest BCUT2D eigenvalue weighted by Crippen LogP contribution is 2.39. The predicted molar refractivity (Wildman–Crippen MR) is 116 cm³/mol. The number of anilines is 1. The molecule has 4 rings (SSSR count). The number of carbonyl (C=O) groups is 1. The topological polar surface area (TPSA) is 53.8 Å². The Labute approximate surface area is 173 Å². The minimum Gasteiger partial charge on any atom is -0.355 e. The molecule has 0 radical (unpaired) electrons. The van der Waals surface area contributed by atoms with Gasteiger partial charge in [0.1, 0.15) is 11.6 Å². The molecule has 1 aromatic heterocycles. The summed E-state index contributed by atoms with van der Waals surface area (Å²) in [4.78, 5) is 28.6. The van der Waals surface area contributed by atoms with E-state index in [1.54, 1.807) is 4.90 Å². The van der Waals surface area contributed by atoms with Gasteiger partial charge in [0.15, 0.2) is 0 Å². The van der Waals surface area contributed by atoms with Gasteiger partial charge in [-0.1, -0.05) is 19.1 Å². The van der Waals surface area contributed by atoms with Crippen LogP contribution in [0.5, 0.6) is 0 Å². The molecule has 1 saturated heterocycles. The third kappa shape index (κ3) is 4.69. The number of carbonyl (C=O) groups excluding carboxylic acids is 1. The van der Waals surface area contributed by atoms with Crippen molar-refractivity contribution in [3.05, 3.63) is 30.1 Å². The van der Waals surface area contributed by atoms with Gasteiger partial charge in [-0.2, -0.15) is 0 Å². The van der Waals surface area contributed by atoms with Crippen molar-refractivity contribution in [2.75, 3.05) is 50.7 Å². The molecule has 0 unspecified atom stereocenters. The van der Waals surface area contributed by atoms with E-state index in [4.69, 9.17) is 9.97 Å². The Hall–Kier alpha value is -2.21. The highest BCUT2D eigenvalue weighted by atomic mass is 16.2. The monoisotopic (exact) mass is 396 g/mol. The molecule has 156 valence electrons. The van der Waals surface area contributed by atoms with E-state index in [2.05, 4.69) is 41.8 Å². The lowest BCUT2D eigenvalue weighted by molar-refractivity contribution is -0.902. The Balaban J connectivity index is 1.50. The van der Waals surface area contributed by atoms with Crippen LogP contribution in [0.4, 0.5) is 5.82 Å². The lowest BCUT2D eigenvalue weighted by atomic mass is 10.2. The summed E-state index contributed by atoms with van der Waals surface area (Å²) in [5, 5.41) is 1.10. The summed E-state index contributed by atoms with van der Waals surface area (Å²) >= 11 is 0. The number of hydrogen-bond donors (Lipinski definition) is 1. The molecule has 0 bridgehead atoms. The van der Waals surface area contributed by atoms with Crippen molar-refractivity contribution in [1.29, 1.82) is 0 Å². The Morgan fingerprint density at radius 2 is 1.90 bits per heavy atom. The van der Waals surface area contributed by atoms with Gasteiger partial charge >= 0.3 is 0 Å². The van der Waals surface area contributed by atoms with Crippen LogP contribution in [0.3, 0.4) is 0 Å². The van der Waals surface area contributed by atoms with Crippen molar-refractivity contribution in [2.45, 2.75) is 45.4 Å². The second-order valence-corrected chi connectivity index (χ2v) is 8.42. The quantitative estimate of drug-likeness (QED) is 0.740. The second kappa shape index (κ2) is 9.08. The summed E-state index contributed by atoms with van der Waals surface area (Å²) in [6.07, 6.45) is 3.97. The van der Waals surface area contributed by atoms with E-state index in [-0.39, 0.29) is 5.91 Å². The molecule has 0 spiro atoms. The minimum absolute atomic E-state index is 0.280. The number of benzene rings is 1. The Morgan fingerprint density at radius 1 is 1.14 bits per heavy atom. The lowest BCUT2D eigenvalue weighted by Crippen LogP contribution is -3.14. The molecule has 2 aromatic rings. The second-order valence-electron chi connectivity index (χ2n) is 8.42. The molecule has 2 heterocycles. The molecule has 2 aliphatic rings. The maximum Gasteiger partial charge on any atom is 0.224 e. The molecule has 0 atom stereocenters. The molecule has 2 fully saturated rings. The summed E-state index contributed by atoms with van der Waals surface area (Å²) in [6.45, 7) is 11.1. The molecular weight excluding hydrogens is 362 g/mol. The number of para-hydroxylation sites is 1. The zero-order valence-corrected chi connectivity index (χ0v) is 17.9. The minimum atomic E-state index is 0.280. The Bertz CT molecular complexity index is 842. The molecule has 6 nitrogen and oxygen atoms in total. The fourth-order valence-electron chi connectivity index (χ4n) is 4.25. The summed E-state index contributed by atoms with van der Waals surface area (Å²) in [5.41, 5.74) is 1.02. The van der Waals surface area contributed by atoms with Crippen LogP contribution in [0.25, 0.3) is 10.9 Å². The van der Waals surface area contributed by atoms with Crippen LogP contribution in [-0.2, 0) is 4.79 Å². The molecule has 1 aliphatic carbocycles. The highest BCUT2D eigenvalue weighted by Gasteiger charge is 2.29. The van der Waals surface area contributed by atoms with Crippen LogP contribution in [0.2, 0.25) is 0 Å². The van der Waals surface area contributed by atoms with Crippen LogP contribution in [0, 0.1) is 0 Å². The number of amides is 1. The molecule has 1 amide bonds. The SMILES string of the molecule is CCCN(CCC(=O)N1CC[NH+](CC)CC1)c1nc(C2CC2)nc2ccccc12. The number of quaternary nitrogens is 1. The summed E-state index contributed by atoms with van der Waals surface area (Å²) in [6, 6.07) is 8.29. The standard InChI is InChI=1S/C23H33N5O/c1-3-12-28(13-11-21(29)27-16-14-26(4-2)15-17-27)23-19-7-5-6-8-20(19)24-22(25-23)18-9-10-18/h5-8,18H,3-4,9-17H2,1-2H3/p+1. The highest BCUT2D eigenvalue weighted by molar-refractivity contribution is 5.89. The van der Waals surface area contributed by atoms with Gasteiger partial charge in [-0.25, -0.2) is 9.97 Å². The predicted octanol–water partition coefficient (Wildman–Crippen LogP) is 1.86. The van der Waals surface area contributed by atoms with Crippen LogP contribution >= 0.6 is 0 Å². The van der Waals surface area contributed by atoms with Gasteiger partial charge in [0.2, 0.25) is 5.91 Å². The van der Waals surface area contributed by atoms with Gasteiger partial charge in [0.05, 0.1) is 38.2 Å². The molecular formula is C23H34N5O+. The lowest BCUT2D eigenvalue weighted by Gasteiger charge is -2.32. The van der Waals surface area contributed by atoms with E-state index in [9.17, 15) is 4.79 Å². The first-order chi connectivity index (χ1) is 14.2. The van der Waals surface area contributed by atoms with Gasteiger partial charge < -0.3 is 14.7 Å². The maximum atomic E-state index is 12.8. The van der Waals surface area contributed by atoms with E-state index < -0.39 is 0 Å². The fourth-order valence-corrected chi connectivity index (χ4v) is 4.25. The number of aromatic nitrogens is 2. The average Bonchev–Trinajstić information content (AvgIpc) is 3.61. The third-order valence-corrected chi connectivity index (χ3v) is 6.25. The van der Waals surface area contributed by atoms with Crippen LogP contribution < -0.4 is 9.80 Å². The van der Waals surface area contributed by atoms with Crippen LogP contribution in [0.1, 0.15) is 51.3 Å². The van der Waals surface area contributed by atoms with Crippen molar-refractivity contribution in [1.82, 2.24) is 14.9 Å². The van der Waals surface area contributed by atoms with Crippen molar-refractivity contribution in [3.63, 3.8) is 0 Å². The maximum absolute atomic E-state index is 12.8. The molecule has 29 heavy (non-hydrogen) atoms. The molecule has 1 N–H and O–H groups in total. The number of hydrogen-bond acceptors (Lipinski definition) is 4. The van der Waals surface area contributed by atoms with Gasteiger partial charge in [-0.05, 0) is 38.3 Å². The van der Waals surface area contributed by atoms with Gasteiger partial charge in [-0.3, -0.25) is 4.79 Å². The van der Waals surface area contributed by atoms with Gasteiger partial charge in [0, 0.05) is 30.8 Å². The normalized spacial score (nSPS) is 17.7.